The van der Waals surface area contributed by atoms with Gasteiger partial charge in [-0.3, -0.25) is 0 Å². The summed E-state index contributed by atoms with van der Waals surface area (Å²) in [6.45, 7) is 7.03. The van der Waals surface area contributed by atoms with Crippen LogP contribution >= 0.6 is 0 Å². The number of nitrogens with zero attached hydrogens (tertiary/aromatic N) is 5. The summed E-state index contributed by atoms with van der Waals surface area (Å²) in [5, 5.41) is 9.42. The van der Waals surface area contributed by atoms with Gasteiger partial charge in [0.1, 0.15) is 11.9 Å². The molecule has 2 aliphatic heterocycles. The Morgan fingerprint density at radius 2 is 1.62 bits per heavy atom. The zero-order valence-corrected chi connectivity index (χ0v) is 15.0. The zero-order valence-electron chi connectivity index (χ0n) is 14.2. The summed E-state index contributed by atoms with van der Waals surface area (Å²) in [5.41, 5.74) is 2.36. The van der Waals surface area contributed by atoms with Crippen molar-refractivity contribution in [1.82, 2.24) is 13.6 Å². The van der Waals surface area contributed by atoms with Crippen LogP contribution in [0.15, 0.2) is 6.07 Å². The Bertz CT molecular complexity index is 757. The van der Waals surface area contributed by atoms with Crippen LogP contribution in [-0.2, 0) is 10.2 Å². The van der Waals surface area contributed by atoms with Gasteiger partial charge in [0, 0.05) is 45.0 Å². The SMILES string of the molecule is Cc1cc(C)c(C#N)c(N2CCN(S(=O)(=O)N3CCCC3)CC2)n1. The van der Waals surface area contributed by atoms with E-state index in [4.69, 9.17) is 0 Å². The fourth-order valence-electron chi connectivity index (χ4n) is 3.40. The number of aryl methyl sites for hydroxylation is 2. The van der Waals surface area contributed by atoms with Crippen LogP contribution < -0.4 is 4.90 Å². The van der Waals surface area contributed by atoms with Crippen LogP contribution in [0.2, 0.25) is 0 Å². The largest absolute Gasteiger partial charge is 0.353 e. The zero-order chi connectivity index (χ0) is 17.3. The highest BCUT2D eigenvalue weighted by Gasteiger charge is 2.34. The summed E-state index contributed by atoms with van der Waals surface area (Å²) in [6.07, 6.45) is 1.88. The number of nitriles is 1. The van der Waals surface area contributed by atoms with Gasteiger partial charge in [-0.25, -0.2) is 4.98 Å². The molecule has 130 valence electrons. The number of rotatable bonds is 3. The fraction of sp³-hybridized carbons (Fsp3) is 0.625. The van der Waals surface area contributed by atoms with E-state index in [1.807, 2.05) is 24.8 Å². The summed E-state index contributed by atoms with van der Waals surface area (Å²) in [6, 6.07) is 4.13. The molecule has 0 saturated carbocycles. The van der Waals surface area contributed by atoms with Crippen molar-refractivity contribution in [3.8, 4) is 6.07 Å². The number of anilines is 1. The third kappa shape index (κ3) is 3.11. The summed E-state index contributed by atoms with van der Waals surface area (Å²) in [4.78, 5) is 6.54. The number of hydrogen-bond acceptors (Lipinski definition) is 5. The van der Waals surface area contributed by atoms with Crippen molar-refractivity contribution in [2.45, 2.75) is 26.7 Å². The van der Waals surface area contributed by atoms with E-state index in [1.54, 1.807) is 8.61 Å². The van der Waals surface area contributed by atoms with Crippen LogP contribution in [-0.4, -0.2) is 61.3 Å². The maximum Gasteiger partial charge on any atom is 0.282 e. The molecule has 0 aliphatic carbocycles. The summed E-state index contributed by atoms with van der Waals surface area (Å²) in [5.74, 6) is 0.674. The van der Waals surface area contributed by atoms with Gasteiger partial charge in [0.25, 0.3) is 10.2 Å². The first kappa shape index (κ1) is 17.1. The molecule has 3 heterocycles. The first-order valence-corrected chi connectivity index (χ1v) is 9.71. The third-order valence-corrected chi connectivity index (χ3v) is 6.73. The first-order chi connectivity index (χ1) is 11.4. The van der Waals surface area contributed by atoms with Gasteiger partial charge >= 0.3 is 0 Å². The predicted molar refractivity (Wildman–Crippen MR) is 91.9 cm³/mol. The van der Waals surface area contributed by atoms with Crippen LogP contribution in [0.3, 0.4) is 0 Å². The Balaban J connectivity index is 1.75. The molecule has 0 radical (unpaired) electrons. The van der Waals surface area contributed by atoms with E-state index < -0.39 is 10.2 Å². The Morgan fingerprint density at radius 3 is 2.21 bits per heavy atom. The molecule has 2 saturated heterocycles. The highest BCUT2D eigenvalue weighted by molar-refractivity contribution is 7.86. The first-order valence-electron chi connectivity index (χ1n) is 8.32. The Labute approximate surface area is 143 Å². The van der Waals surface area contributed by atoms with E-state index in [0.29, 0.717) is 50.6 Å². The lowest BCUT2D eigenvalue weighted by molar-refractivity contribution is 0.343. The highest BCUT2D eigenvalue weighted by atomic mass is 32.2. The molecule has 0 atom stereocenters. The quantitative estimate of drug-likeness (QED) is 0.814. The van der Waals surface area contributed by atoms with Gasteiger partial charge in [-0.2, -0.15) is 22.3 Å². The minimum absolute atomic E-state index is 0.429. The lowest BCUT2D eigenvalue weighted by Gasteiger charge is -2.36. The number of hydrogen-bond donors (Lipinski definition) is 0. The maximum absolute atomic E-state index is 12.6. The monoisotopic (exact) mass is 349 g/mol. The van der Waals surface area contributed by atoms with Crippen molar-refractivity contribution in [2.24, 2.45) is 0 Å². The normalized spacial score (nSPS) is 20.3. The Hall–Kier alpha value is -1.69. The molecule has 0 spiro atoms. The molecule has 7 nitrogen and oxygen atoms in total. The lowest BCUT2D eigenvalue weighted by atomic mass is 10.1. The molecule has 2 aliphatic rings. The molecular weight excluding hydrogens is 326 g/mol. The van der Waals surface area contributed by atoms with E-state index in [9.17, 15) is 13.7 Å². The van der Waals surface area contributed by atoms with Gasteiger partial charge in [0.2, 0.25) is 0 Å². The van der Waals surface area contributed by atoms with Crippen molar-refractivity contribution in [3.05, 3.63) is 22.9 Å². The van der Waals surface area contributed by atoms with E-state index >= 15 is 0 Å². The van der Waals surface area contributed by atoms with Crippen LogP contribution in [0, 0.1) is 25.2 Å². The van der Waals surface area contributed by atoms with Gasteiger partial charge < -0.3 is 4.90 Å². The molecule has 1 aromatic rings. The summed E-state index contributed by atoms with van der Waals surface area (Å²) >= 11 is 0. The molecule has 0 amide bonds. The van der Waals surface area contributed by atoms with E-state index in [-0.39, 0.29) is 0 Å². The lowest BCUT2D eigenvalue weighted by Crippen LogP contribution is -2.53. The molecule has 24 heavy (non-hydrogen) atoms. The van der Waals surface area contributed by atoms with Gasteiger partial charge in [-0.05, 0) is 38.3 Å². The Morgan fingerprint density at radius 1 is 1.04 bits per heavy atom. The van der Waals surface area contributed by atoms with Crippen LogP contribution in [0.5, 0.6) is 0 Å². The van der Waals surface area contributed by atoms with Crippen molar-refractivity contribution in [2.75, 3.05) is 44.2 Å². The second kappa shape index (κ2) is 6.67. The predicted octanol–water partition coefficient (Wildman–Crippen LogP) is 1.03. The van der Waals surface area contributed by atoms with Gasteiger partial charge in [0.05, 0.1) is 5.56 Å². The minimum Gasteiger partial charge on any atom is -0.353 e. The second-order valence-electron chi connectivity index (χ2n) is 6.39. The van der Waals surface area contributed by atoms with Crippen molar-refractivity contribution in [3.63, 3.8) is 0 Å². The molecule has 0 N–H and O–H groups in total. The van der Waals surface area contributed by atoms with Crippen molar-refractivity contribution < 1.29 is 8.42 Å². The molecule has 0 unspecified atom stereocenters. The fourth-order valence-corrected chi connectivity index (χ4v) is 5.07. The molecule has 0 aromatic carbocycles. The summed E-state index contributed by atoms with van der Waals surface area (Å²) < 4.78 is 28.4. The van der Waals surface area contributed by atoms with E-state index in [2.05, 4.69) is 11.1 Å². The van der Waals surface area contributed by atoms with Gasteiger partial charge in [-0.1, -0.05) is 0 Å². The smallest absolute Gasteiger partial charge is 0.282 e. The highest BCUT2D eigenvalue weighted by Crippen LogP contribution is 2.24. The molecule has 1 aromatic heterocycles. The average molecular weight is 349 g/mol. The molecule has 3 rings (SSSR count). The molecule has 2 fully saturated rings. The topological polar surface area (TPSA) is 80.5 Å². The Kier molecular flexibility index (Phi) is 4.76. The molecule has 0 bridgehead atoms. The molecular formula is C16H23N5O2S. The van der Waals surface area contributed by atoms with Gasteiger partial charge in [0.15, 0.2) is 0 Å². The number of piperazine rings is 1. The standard InChI is InChI=1S/C16H23N5O2S/c1-13-11-14(2)18-16(15(13)12-17)19-7-9-21(10-8-19)24(22,23)20-5-3-4-6-20/h11H,3-10H2,1-2H3. The van der Waals surface area contributed by atoms with E-state index in [0.717, 1.165) is 24.1 Å². The van der Waals surface area contributed by atoms with Crippen molar-refractivity contribution in [1.29, 1.82) is 5.26 Å². The average Bonchev–Trinajstić information content (AvgIpc) is 3.09. The van der Waals surface area contributed by atoms with Crippen LogP contribution in [0.25, 0.3) is 0 Å². The van der Waals surface area contributed by atoms with Crippen LogP contribution in [0.1, 0.15) is 29.7 Å². The number of pyridine rings is 1. The number of aromatic nitrogens is 1. The van der Waals surface area contributed by atoms with Gasteiger partial charge in [-0.15, -0.1) is 0 Å². The van der Waals surface area contributed by atoms with E-state index in [1.165, 1.54) is 0 Å². The van der Waals surface area contributed by atoms with Crippen molar-refractivity contribution >= 4 is 16.0 Å². The summed E-state index contributed by atoms with van der Waals surface area (Å²) in [7, 11) is -3.34. The van der Waals surface area contributed by atoms with Crippen LogP contribution in [0.4, 0.5) is 5.82 Å². The second-order valence-corrected chi connectivity index (χ2v) is 8.32. The molecule has 8 heteroatoms. The minimum atomic E-state index is -3.34. The maximum atomic E-state index is 12.6. The third-order valence-electron chi connectivity index (χ3n) is 4.69.